The number of hydrogen-bond donors (Lipinski definition) is 2. The lowest BCUT2D eigenvalue weighted by Gasteiger charge is -2.37. The molecule has 1 saturated heterocycles. The van der Waals surface area contributed by atoms with E-state index in [9.17, 15) is 14.4 Å². The van der Waals surface area contributed by atoms with E-state index in [0.29, 0.717) is 77.6 Å². The minimum Gasteiger partial charge on any atom is -0.367 e. The van der Waals surface area contributed by atoms with Crippen molar-refractivity contribution in [1.82, 2.24) is 15.1 Å². The number of amides is 3. The Bertz CT molecular complexity index is 1420. The molecule has 4 rings (SSSR count). The lowest BCUT2D eigenvalue weighted by atomic mass is 10.1. The second-order valence-corrected chi connectivity index (χ2v) is 11.3. The number of piperazine rings is 1. The molecular formula is C30H32Cl3N5O3. The molecule has 2 N–H and O–H groups in total. The molecule has 1 heterocycles. The summed E-state index contributed by atoms with van der Waals surface area (Å²) in [7, 11) is 3.50. The highest BCUT2D eigenvalue weighted by Crippen LogP contribution is 2.29. The van der Waals surface area contributed by atoms with Gasteiger partial charge in [0.05, 0.1) is 17.9 Å². The number of hydrogen-bond acceptors (Lipinski definition) is 5. The van der Waals surface area contributed by atoms with Crippen molar-refractivity contribution >= 4 is 63.9 Å². The average Bonchev–Trinajstić information content (AvgIpc) is 2.94. The van der Waals surface area contributed by atoms with E-state index in [1.807, 2.05) is 12.1 Å². The first kappa shape index (κ1) is 30.7. The number of nitrogens with one attached hydrogen (secondary N) is 2. The summed E-state index contributed by atoms with van der Waals surface area (Å²) in [6.45, 7) is 3.44. The van der Waals surface area contributed by atoms with E-state index >= 15 is 0 Å². The van der Waals surface area contributed by atoms with Gasteiger partial charge in [0.25, 0.3) is 11.8 Å². The average molecular weight is 617 g/mol. The summed E-state index contributed by atoms with van der Waals surface area (Å²) in [5.41, 5.74) is 3.01. The van der Waals surface area contributed by atoms with E-state index in [0.717, 1.165) is 11.3 Å². The molecule has 216 valence electrons. The van der Waals surface area contributed by atoms with Crippen molar-refractivity contribution in [2.45, 2.75) is 6.42 Å². The molecule has 41 heavy (non-hydrogen) atoms. The largest absolute Gasteiger partial charge is 0.367 e. The summed E-state index contributed by atoms with van der Waals surface area (Å²) < 4.78 is 0. The fourth-order valence-electron chi connectivity index (χ4n) is 4.49. The van der Waals surface area contributed by atoms with Gasteiger partial charge in [0.15, 0.2) is 0 Å². The molecule has 8 nitrogen and oxygen atoms in total. The van der Waals surface area contributed by atoms with Crippen LogP contribution in [0.1, 0.15) is 26.3 Å². The predicted molar refractivity (Wildman–Crippen MR) is 166 cm³/mol. The molecule has 0 aromatic heterocycles. The number of benzene rings is 3. The zero-order valence-electron chi connectivity index (χ0n) is 22.9. The Morgan fingerprint density at radius 1 is 0.829 bits per heavy atom. The standard InChI is InChI=1S/C30H32Cl3N5O3/c1-36(2)28(39)19-37-12-14-38(15-13-37)27-9-7-22(17-26(27)35-30(41)21-4-3-5-23(31)16-21)29(40)34-11-10-20-6-8-24(32)18-25(20)33/h3-9,16-18H,10-15,19H2,1-2H3,(H,34,40)(H,35,41). The SMILES string of the molecule is CN(C)C(=O)CN1CCN(c2ccc(C(=O)NCCc3ccc(Cl)cc3Cl)cc2NC(=O)c2cccc(Cl)c2)CC1. The molecule has 3 aromatic rings. The van der Waals surface area contributed by atoms with Crippen LogP contribution in [0, 0.1) is 0 Å². The fraction of sp³-hybridized carbons (Fsp3) is 0.300. The van der Waals surface area contributed by atoms with Crippen molar-refractivity contribution in [2.24, 2.45) is 0 Å². The van der Waals surface area contributed by atoms with Crippen LogP contribution in [-0.2, 0) is 11.2 Å². The smallest absolute Gasteiger partial charge is 0.255 e. The Hall–Kier alpha value is -3.30. The second kappa shape index (κ2) is 14.0. The van der Waals surface area contributed by atoms with E-state index in [1.165, 1.54) is 0 Å². The Morgan fingerprint density at radius 3 is 2.22 bits per heavy atom. The molecule has 1 aliphatic heterocycles. The summed E-state index contributed by atoms with van der Waals surface area (Å²) in [6.07, 6.45) is 0.540. The van der Waals surface area contributed by atoms with Crippen molar-refractivity contribution in [2.75, 3.05) is 63.6 Å². The summed E-state index contributed by atoms with van der Waals surface area (Å²) in [5, 5.41) is 7.46. The number of nitrogens with zero attached hydrogens (tertiary/aromatic N) is 3. The summed E-state index contributed by atoms with van der Waals surface area (Å²) >= 11 is 18.3. The third-order valence-electron chi connectivity index (χ3n) is 6.86. The molecule has 0 spiro atoms. The molecule has 11 heteroatoms. The van der Waals surface area contributed by atoms with E-state index in [2.05, 4.69) is 20.4 Å². The topological polar surface area (TPSA) is 85.0 Å². The van der Waals surface area contributed by atoms with Crippen molar-refractivity contribution in [3.05, 3.63) is 92.4 Å². The van der Waals surface area contributed by atoms with Gasteiger partial charge in [0.1, 0.15) is 0 Å². The number of carbonyl (C=O) groups excluding carboxylic acids is 3. The zero-order chi connectivity index (χ0) is 29.5. The van der Waals surface area contributed by atoms with Gasteiger partial charge in [0.2, 0.25) is 5.91 Å². The molecule has 1 fully saturated rings. The van der Waals surface area contributed by atoms with Gasteiger partial charge in [-0.3, -0.25) is 19.3 Å². The molecule has 0 bridgehead atoms. The van der Waals surface area contributed by atoms with Gasteiger partial charge in [-0.25, -0.2) is 0 Å². The van der Waals surface area contributed by atoms with Crippen LogP contribution in [0.25, 0.3) is 0 Å². The van der Waals surface area contributed by atoms with Crippen LogP contribution in [0.5, 0.6) is 0 Å². The molecule has 0 atom stereocenters. The minimum atomic E-state index is -0.334. The number of carbonyl (C=O) groups is 3. The number of halogens is 3. The Kier molecular flexibility index (Phi) is 10.5. The number of anilines is 2. The Labute approximate surface area is 255 Å². The molecule has 0 unspecified atom stereocenters. The normalized spacial score (nSPS) is 13.5. The van der Waals surface area contributed by atoms with Crippen LogP contribution in [0.4, 0.5) is 11.4 Å². The number of rotatable bonds is 9. The van der Waals surface area contributed by atoms with Crippen LogP contribution in [0.3, 0.4) is 0 Å². The lowest BCUT2D eigenvalue weighted by molar-refractivity contribution is -0.129. The maximum atomic E-state index is 13.1. The molecule has 0 radical (unpaired) electrons. The van der Waals surface area contributed by atoms with Gasteiger partial charge in [-0.2, -0.15) is 0 Å². The van der Waals surface area contributed by atoms with Gasteiger partial charge in [-0.15, -0.1) is 0 Å². The van der Waals surface area contributed by atoms with Crippen LogP contribution in [-0.4, -0.2) is 80.9 Å². The minimum absolute atomic E-state index is 0.0571. The van der Waals surface area contributed by atoms with Crippen LogP contribution in [0.15, 0.2) is 60.7 Å². The maximum Gasteiger partial charge on any atom is 0.255 e. The molecule has 0 saturated carbocycles. The summed E-state index contributed by atoms with van der Waals surface area (Å²) in [4.78, 5) is 44.2. The lowest BCUT2D eigenvalue weighted by Crippen LogP contribution is -2.49. The van der Waals surface area contributed by atoms with Crippen LogP contribution >= 0.6 is 34.8 Å². The van der Waals surface area contributed by atoms with Gasteiger partial charge >= 0.3 is 0 Å². The van der Waals surface area contributed by atoms with Gasteiger partial charge in [0, 0.05) is 73.0 Å². The van der Waals surface area contributed by atoms with Crippen molar-refractivity contribution in [3.8, 4) is 0 Å². The van der Waals surface area contributed by atoms with E-state index in [1.54, 1.807) is 67.5 Å². The summed E-state index contributed by atoms with van der Waals surface area (Å²) in [6, 6.07) is 17.2. The third kappa shape index (κ3) is 8.36. The van der Waals surface area contributed by atoms with Crippen molar-refractivity contribution in [3.63, 3.8) is 0 Å². The van der Waals surface area contributed by atoms with Gasteiger partial charge < -0.3 is 20.4 Å². The van der Waals surface area contributed by atoms with E-state index < -0.39 is 0 Å². The molecule has 1 aliphatic rings. The maximum absolute atomic E-state index is 13.1. The fourth-order valence-corrected chi connectivity index (χ4v) is 5.19. The second-order valence-electron chi connectivity index (χ2n) is 9.99. The van der Waals surface area contributed by atoms with Crippen molar-refractivity contribution in [1.29, 1.82) is 0 Å². The number of likely N-dealkylation sites (N-methyl/N-ethyl adjacent to an activating group) is 1. The van der Waals surface area contributed by atoms with Gasteiger partial charge in [-0.1, -0.05) is 46.9 Å². The van der Waals surface area contributed by atoms with Crippen LogP contribution < -0.4 is 15.5 Å². The highest BCUT2D eigenvalue weighted by atomic mass is 35.5. The Morgan fingerprint density at radius 2 is 1.54 bits per heavy atom. The summed E-state index contributed by atoms with van der Waals surface area (Å²) in [5.74, 6) is -0.549. The zero-order valence-corrected chi connectivity index (χ0v) is 25.2. The van der Waals surface area contributed by atoms with Crippen LogP contribution in [0.2, 0.25) is 15.1 Å². The molecule has 3 aromatic carbocycles. The monoisotopic (exact) mass is 615 g/mol. The van der Waals surface area contributed by atoms with Crippen molar-refractivity contribution < 1.29 is 14.4 Å². The first-order chi connectivity index (χ1) is 19.6. The highest BCUT2D eigenvalue weighted by Gasteiger charge is 2.23. The highest BCUT2D eigenvalue weighted by molar-refractivity contribution is 6.35. The molecule has 0 aliphatic carbocycles. The molecular weight excluding hydrogens is 585 g/mol. The van der Waals surface area contributed by atoms with E-state index in [-0.39, 0.29) is 17.7 Å². The first-order valence-electron chi connectivity index (χ1n) is 13.2. The third-order valence-corrected chi connectivity index (χ3v) is 7.68. The Balaban J connectivity index is 1.49. The quantitative estimate of drug-likeness (QED) is 0.350. The van der Waals surface area contributed by atoms with Gasteiger partial charge in [-0.05, 0) is 60.5 Å². The first-order valence-corrected chi connectivity index (χ1v) is 14.3. The van der Waals surface area contributed by atoms with E-state index in [4.69, 9.17) is 34.8 Å². The molecule has 3 amide bonds. The predicted octanol–water partition coefficient (Wildman–Crippen LogP) is 5.08.